The lowest BCUT2D eigenvalue weighted by atomic mass is 10.0. The van der Waals surface area contributed by atoms with Crippen LogP contribution in [0.5, 0.6) is 11.5 Å². The SMILES string of the molecule is COc1ccc(/C=C2/C(C)=C(CC(=O)O)c3cc(OC)ccc32)cc1. The molecule has 0 spiro atoms. The Balaban J connectivity index is 2.11. The van der Waals surface area contributed by atoms with E-state index in [1.54, 1.807) is 14.2 Å². The van der Waals surface area contributed by atoms with Crippen LogP contribution in [0.2, 0.25) is 0 Å². The van der Waals surface area contributed by atoms with E-state index in [0.29, 0.717) is 0 Å². The van der Waals surface area contributed by atoms with E-state index in [0.717, 1.165) is 44.9 Å². The maximum atomic E-state index is 11.3. The summed E-state index contributed by atoms with van der Waals surface area (Å²) in [5.74, 6) is 0.687. The van der Waals surface area contributed by atoms with Crippen LogP contribution in [0.4, 0.5) is 0 Å². The van der Waals surface area contributed by atoms with Crippen molar-refractivity contribution < 1.29 is 19.4 Å². The van der Waals surface area contributed by atoms with Crippen LogP contribution in [0, 0.1) is 0 Å². The highest BCUT2D eigenvalue weighted by molar-refractivity contribution is 6.07. The number of benzene rings is 2. The number of hydrogen-bond donors (Lipinski definition) is 1. The van der Waals surface area contributed by atoms with Gasteiger partial charge in [0.25, 0.3) is 0 Å². The second kappa shape index (κ2) is 6.85. The minimum Gasteiger partial charge on any atom is -0.497 e. The van der Waals surface area contributed by atoms with Gasteiger partial charge in [0, 0.05) is 0 Å². The second-order valence-corrected chi connectivity index (χ2v) is 5.92. The Bertz CT molecular complexity index is 873. The zero-order valence-electron chi connectivity index (χ0n) is 14.5. The molecule has 0 saturated heterocycles. The zero-order chi connectivity index (χ0) is 18.0. The fourth-order valence-electron chi connectivity index (χ4n) is 3.13. The molecule has 1 aliphatic rings. The standard InChI is InChI=1S/C21H20O4/c1-13-18(10-14-4-6-15(24-2)7-5-14)17-9-8-16(25-3)11-20(17)19(13)12-21(22)23/h4-11H,12H2,1-3H3,(H,22,23)/b18-10-. The number of fused-ring (bicyclic) bond motifs is 1. The van der Waals surface area contributed by atoms with Gasteiger partial charge in [0.15, 0.2) is 0 Å². The highest BCUT2D eigenvalue weighted by Gasteiger charge is 2.25. The van der Waals surface area contributed by atoms with Crippen LogP contribution in [0.15, 0.2) is 48.0 Å². The van der Waals surface area contributed by atoms with Crippen molar-refractivity contribution in [2.24, 2.45) is 0 Å². The molecule has 0 fully saturated rings. The summed E-state index contributed by atoms with van der Waals surface area (Å²) < 4.78 is 10.5. The maximum Gasteiger partial charge on any atom is 0.307 e. The van der Waals surface area contributed by atoms with Crippen LogP contribution in [0.3, 0.4) is 0 Å². The number of carboxylic acids is 1. The average molecular weight is 336 g/mol. The van der Waals surface area contributed by atoms with Gasteiger partial charge in [-0.3, -0.25) is 4.79 Å². The smallest absolute Gasteiger partial charge is 0.307 e. The highest BCUT2D eigenvalue weighted by Crippen LogP contribution is 2.44. The van der Waals surface area contributed by atoms with Gasteiger partial charge in [-0.05, 0) is 70.7 Å². The molecule has 3 rings (SSSR count). The lowest BCUT2D eigenvalue weighted by Gasteiger charge is -2.07. The van der Waals surface area contributed by atoms with Crippen LogP contribution in [-0.2, 0) is 4.79 Å². The third-order valence-electron chi connectivity index (χ3n) is 4.45. The molecule has 4 heteroatoms. The maximum absolute atomic E-state index is 11.3. The third kappa shape index (κ3) is 3.29. The van der Waals surface area contributed by atoms with Gasteiger partial charge in [-0.2, -0.15) is 0 Å². The number of rotatable bonds is 5. The first-order chi connectivity index (χ1) is 12.0. The lowest BCUT2D eigenvalue weighted by Crippen LogP contribution is -1.97. The predicted molar refractivity (Wildman–Crippen MR) is 98.7 cm³/mol. The van der Waals surface area contributed by atoms with E-state index in [1.165, 1.54) is 0 Å². The van der Waals surface area contributed by atoms with Crippen molar-refractivity contribution in [3.63, 3.8) is 0 Å². The van der Waals surface area contributed by atoms with E-state index in [2.05, 4.69) is 6.08 Å². The quantitative estimate of drug-likeness (QED) is 0.873. The Hall–Kier alpha value is -3.01. The lowest BCUT2D eigenvalue weighted by molar-refractivity contribution is -0.135. The van der Waals surface area contributed by atoms with Crippen LogP contribution in [-0.4, -0.2) is 25.3 Å². The molecular weight excluding hydrogens is 316 g/mol. The van der Waals surface area contributed by atoms with Crippen molar-refractivity contribution in [1.82, 2.24) is 0 Å². The molecule has 0 saturated carbocycles. The van der Waals surface area contributed by atoms with Crippen LogP contribution in [0.25, 0.3) is 17.2 Å². The van der Waals surface area contributed by atoms with Gasteiger partial charge in [0.2, 0.25) is 0 Å². The van der Waals surface area contributed by atoms with E-state index < -0.39 is 5.97 Å². The van der Waals surface area contributed by atoms with Crippen molar-refractivity contribution in [1.29, 1.82) is 0 Å². The number of aliphatic carboxylic acids is 1. The molecule has 128 valence electrons. The molecule has 0 aromatic heterocycles. The number of hydrogen-bond acceptors (Lipinski definition) is 3. The molecule has 0 atom stereocenters. The van der Waals surface area contributed by atoms with Gasteiger partial charge in [-0.15, -0.1) is 0 Å². The topological polar surface area (TPSA) is 55.8 Å². The number of methoxy groups -OCH3 is 2. The van der Waals surface area contributed by atoms with Crippen molar-refractivity contribution in [2.75, 3.05) is 14.2 Å². The number of allylic oxidation sites excluding steroid dienone is 2. The van der Waals surface area contributed by atoms with Crippen molar-refractivity contribution in [2.45, 2.75) is 13.3 Å². The predicted octanol–water partition coefficient (Wildman–Crippen LogP) is 4.51. The largest absolute Gasteiger partial charge is 0.497 e. The Kier molecular flexibility index (Phi) is 4.61. The monoisotopic (exact) mass is 336 g/mol. The van der Waals surface area contributed by atoms with Gasteiger partial charge in [0.05, 0.1) is 20.6 Å². The molecule has 1 aliphatic carbocycles. The molecule has 0 amide bonds. The molecule has 4 nitrogen and oxygen atoms in total. The van der Waals surface area contributed by atoms with Gasteiger partial charge in [0.1, 0.15) is 11.5 Å². The minimum atomic E-state index is -0.839. The van der Waals surface area contributed by atoms with Gasteiger partial charge < -0.3 is 14.6 Å². The van der Waals surface area contributed by atoms with Crippen molar-refractivity contribution in [3.05, 3.63) is 64.7 Å². The molecule has 0 aliphatic heterocycles. The third-order valence-corrected chi connectivity index (χ3v) is 4.45. The zero-order valence-corrected chi connectivity index (χ0v) is 14.5. The normalized spacial score (nSPS) is 14.6. The summed E-state index contributed by atoms with van der Waals surface area (Å²) in [4.78, 5) is 11.3. The molecule has 0 heterocycles. The summed E-state index contributed by atoms with van der Waals surface area (Å²) in [6.45, 7) is 1.97. The first-order valence-electron chi connectivity index (χ1n) is 8.00. The van der Waals surface area contributed by atoms with Crippen molar-refractivity contribution in [3.8, 4) is 11.5 Å². The molecule has 1 N–H and O–H groups in total. The summed E-state index contributed by atoms with van der Waals surface area (Å²) in [5, 5.41) is 9.28. The van der Waals surface area contributed by atoms with E-state index >= 15 is 0 Å². The molecule has 0 radical (unpaired) electrons. The van der Waals surface area contributed by atoms with E-state index in [4.69, 9.17) is 9.47 Å². The van der Waals surface area contributed by atoms with E-state index in [9.17, 15) is 9.90 Å². The van der Waals surface area contributed by atoms with Crippen LogP contribution < -0.4 is 9.47 Å². The molecule has 2 aromatic rings. The van der Waals surface area contributed by atoms with Crippen molar-refractivity contribution >= 4 is 23.2 Å². The first kappa shape index (κ1) is 16.8. The minimum absolute atomic E-state index is 0.00798. The highest BCUT2D eigenvalue weighted by atomic mass is 16.5. The Morgan fingerprint density at radius 1 is 1.00 bits per heavy atom. The molecule has 25 heavy (non-hydrogen) atoms. The van der Waals surface area contributed by atoms with Gasteiger partial charge in [-0.25, -0.2) is 0 Å². The summed E-state index contributed by atoms with van der Waals surface area (Å²) >= 11 is 0. The summed E-state index contributed by atoms with van der Waals surface area (Å²) in [5.41, 5.74) is 5.86. The average Bonchev–Trinajstić information content (AvgIpc) is 2.87. The van der Waals surface area contributed by atoms with E-state index in [1.807, 2.05) is 49.4 Å². The van der Waals surface area contributed by atoms with Crippen LogP contribution >= 0.6 is 0 Å². The Morgan fingerprint density at radius 3 is 2.24 bits per heavy atom. The van der Waals surface area contributed by atoms with E-state index in [-0.39, 0.29) is 6.42 Å². The summed E-state index contributed by atoms with van der Waals surface area (Å²) in [6.07, 6.45) is 2.07. The fourth-order valence-corrected chi connectivity index (χ4v) is 3.13. The molecule has 0 unspecified atom stereocenters. The van der Waals surface area contributed by atoms with Gasteiger partial charge in [-0.1, -0.05) is 18.2 Å². The number of ether oxygens (including phenoxy) is 2. The Morgan fingerprint density at radius 2 is 1.64 bits per heavy atom. The Labute approximate surface area is 147 Å². The first-order valence-corrected chi connectivity index (χ1v) is 8.00. The second-order valence-electron chi connectivity index (χ2n) is 5.92. The summed E-state index contributed by atoms with van der Waals surface area (Å²) in [6, 6.07) is 13.6. The van der Waals surface area contributed by atoms with Crippen LogP contribution in [0.1, 0.15) is 30.0 Å². The molecule has 0 bridgehead atoms. The number of carbonyl (C=O) groups is 1. The molecular formula is C21H20O4. The summed E-state index contributed by atoms with van der Waals surface area (Å²) in [7, 11) is 3.25. The fraction of sp³-hybridized carbons (Fsp3) is 0.190. The van der Waals surface area contributed by atoms with Gasteiger partial charge >= 0.3 is 5.97 Å². The number of carboxylic acid groups (broad SMARTS) is 1. The molecule has 2 aromatic carbocycles.